The minimum absolute atomic E-state index is 0.00999. The number of hydrogen-bond acceptors (Lipinski definition) is 6. The maximum Gasteiger partial charge on any atom is 0.245 e. The molecule has 2 aliphatic carbocycles. The lowest BCUT2D eigenvalue weighted by Gasteiger charge is -2.58. The highest BCUT2D eigenvalue weighted by Crippen LogP contribution is 2.56. The minimum atomic E-state index is -0.778. The van der Waals surface area contributed by atoms with Crippen LogP contribution in [0.3, 0.4) is 0 Å². The molecule has 246 valence electrons. The van der Waals surface area contributed by atoms with Crippen LogP contribution < -0.4 is 15.8 Å². The molecule has 1 aromatic heterocycles. The first-order chi connectivity index (χ1) is 22.1. The van der Waals surface area contributed by atoms with Crippen LogP contribution in [0.4, 0.5) is 10.1 Å². The molecule has 1 aromatic carbocycles. The number of carbonyl (C=O) groups is 1. The van der Waals surface area contributed by atoms with Crippen LogP contribution in [0.25, 0.3) is 11.3 Å². The van der Waals surface area contributed by atoms with Gasteiger partial charge in [-0.3, -0.25) is 30.6 Å². The topological polar surface area (TPSA) is 92.5 Å². The number of benzene rings is 1. The zero-order chi connectivity index (χ0) is 31.9. The van der Waals surface area contributed by atoms with Crippen molar-refractivity contribution in [2.45, 2.75) is 75.5 Å². The summed E-state index contributed by atoms with van der Waals surface area (Å²) < 4.78 is 16.1. The molecule has 2 saturated carbocycles. The number of likely N-dealkylation sites (tertiary alicyclic amines) is 2. The summed E-state index contributed by atoms with van der Waals surface area (Å²) in [4.78, 5) is 18.2. The van der Waals surface area contributed by atoms with Gasteiger partial charge in [-0.2, -0.15) is 5.10 Å². The van der Waals surface area contributed by atoms with Crippen molar-refractivity contribution in [3.05, 3.63) is 47.7 Å². The number of nitrogens with one attached hydrogen (secondary N) is 3. The number of nitrogens with zero attached hydrogens (tertiary/aromatic N) is 5. The smallest absolute Gasteiger partial charge is 0.245 e. The fraction of sp³-hybridized carbons (Fsp3) is 0.629. The Morgan fingerprint density at radius 1 is 1.28 bits per heavy atom. The standard InChI is InChI=1S/C35H46ClFN8O/c1-4-30(46)43-18-35(19-43)13-25(14-35)45-21(3)31(32-26-15-39-40-27(26)11-20(2)33(32)36)34(41-45)23-5-6-28-22(12-23)7-10-44(28)29(38)17-42-9-8-24(37)16-42/h4-6,12,20,24-27,32-33,38-40H,1,7-11,13-19H2,2-3H3/t20?,24-,26?,27?,32?,33?/m0/s1. The van der Waals surface area contributed by atoms with Gasteiger partial charge in [0.2, 0.25) is 5.91 Å². The van der Waals surface area contributed by atoms with Gasteiger partial charge in [0.15, 0.2) is 0 Å². The molecule has 1 spiro atoms. The molecule has 3 N–H and O–H groups in total. The van der Waals surface area contributed by atoms with Gasteiger partial charge in [-0.25, -0.2) is 4.39 Å². The molecule has 46 heavy (non-hydrogen) atoms. The lowest BCUT2D eigenvalue weighted by molar-refractivity contribution is -0.149. The van der Waals surface area contributed by atoms with Gasteiger partial charge < -0.3 is 9.80 Å². The molecular weight excluding hydrogens is 603 g/mol. The SMILES string of the molecule is C=CC(=O)N1CC2(CC(n3nc(-c4ccc5c(c4)CCN5C(=N)CN4CC[C@H](F)C4)c(C4C(Cl)C(C)CC5NNCC54)c3C)C2)C1. The first-order valence-corrected chi connectivity index (χ1v) is 17.6. The summed E-state index contributed by atoms with van der Waals surface area (Å²) in [6.45, 7) is 13.1. The second-order valence-electron chi connectivity index (χ2n) is 15.0. The molecule has 11 heteroatoms. The van der Waals surface area contributed by atoms with Gasteiger partial charge in [-0.05, 0) is 74.6 Å². The highest BCUT2D eigenvalue weighted by molar-refractivity contribution is 6.21. The Morgan fingerprint density at radius 2 is 2.09 bits per heavy atom. The van der Waals surface area contributed by atoms with Crippen LogP contribution in [0.5, 0.6) is 0 Å². The third-order valence-corrected chi connectivity index (χ3v) is 12.7. The fourth-order valence-electron chi connectivity index (χ4n) is 9.64. The molecule has 1 amide bonds. The average molecular weight is 649 g/mol. The van der Waals surface area contributed by atoms with E-state index in [2.05, 4.69) is 64.0 Å². The zero-order valence-electron chi connectivity index (χ0n) is 26.9. The predicted molar refractivity (Wildman–Crippen MR) is 179 cm³/mol. The molecule has 3 saturated heterocycles. The van der Waals surface area contributed by atoms with Crippen molar-refractivity contribution < 1.29 is 9.18 Å². The van der Waals surface area contributed by atoms with E-state index in [1.807, 2.05) is 4.90 Å². The van der Waals surface area contributed by atoms with E-state index in [-0.39, 0.29) is 22.6 Å². The number of amidine groups is 1. The Morgan fingerprint density at radius 3 is 2.83 bits per heavy atom. The Kier molecular flexibility index (Phi) is 7.58. The molecule has 5 fully saturated rings. The Bertz CT molecular complexity index is 1560. The summed E-state index contributed by atoms with van der Waals surface area (Å²) in [5, 5.41) is 14.3. The van der Waals surface area contributed by atoms with Gasteiger partial charge in [-0.15, -0.1) is 11.6 Å². The molecule has 0 radical (unpaired) electrons. The number of rotatable bonds is 6. The van der Waals surface area contributed by atoms with Crippen molar-refractivity contribution in [3.63, 3.8) is 0 Å². The van der Waals surface area contributed by atoms with Gasteiger partial charge in [-0.1, -0.05) is 19.6 Å². The summed E-state index contributed by atoms with van der Waals surface area (Å²) in [5.41, 5.74) is 14.1. The van der Waals surface area contributed by atoms with Crippen molar-refractivity contribution in [1.29, 1.82) is 5.41 Å². The third kappa shape index (κ3) is 4.93. The van der Waals surface area contributed by atoms with Crippen molar-refractivity contribution in [2.75, 3.05) is 50.7 Å². The number of halogens is 2. The third-order valence-electron chi connectivity index (χ3n) is 12.0. The Balaban J connectivity index is 1.11. The van der Waals surface area contributed by atoms with Crippen LogP contribution >= 0.6 is 11.6 Å². The van der Waals surface area contributed by atoms with Gasteiger partial charge >= 0.3 is 0 Å². The van der Waals surface area contributed by atoms with Crippen LogP contribution in [-0.2, 0) is 11.2 Å². The van der Waals surface area contributed by atoms with E-state index in [0.717, 1.165) is 75.4 Å². The van der Waals surface area contributed by atoms with Gasteiger partial charge in [0.05, 0.1) is 18.3 Å². The highest BCUT2D eigenvalue weighted by atomic mass is 35.5. The maximum atomic E-state index is 13.8. The summed E-state index contributed by atoms with van der Waals surface area (Å²) >= 11 is 7.37. The second-order valence-corrected chi connectivity index (χ2v) is 15.5. The van der Waals surface area contributed by atoms with Crippen LogP contribution in [0.2, 0.25) is 0 Å². The molecule has 5 unspecified atom stereocenters. The first-order valence-electron chi connectivity index (χ1n) is 17.1. The molecule has 6 atom stereocenters. The number of amides is 1. The van der Waals surface area contributed by atoms with E-state index < -0.39 is 6.17 Å². The summed E-state index contributed by atoms with van der Waals surface area (Å²) in [7, 11) is 0. The number of aromatic nitrogens is 2. The van der Waals surface area contributed by atoms with Crippen molar-refractivity contribution >= 4 is 29.0 Å². The Hall–Kier alpha value is -2.79. The van der Waals surface area contributed by atoms with Crippen molar-refractivity contribution in [3.8, 4) is 11.3 Å². The average Bonchev–Trinajstić information content (AvgIpc) is 3.79. The van der Waals surface area contributed by atoms with E-state index in [9.17, 15) is 9.18 Å². The number of anilines is 1. The molecule has 4 aliphatic heterocycles. The molecular formula is C35H46ClFN8O. The zero-order valence-corrected chi connectivity index (χ0v) is 27.7. The summed E-state index contributed by atoms with van der Waals surface area (Å²) in [6.07, 6.45) is 5.18. The number of carbonyl (C=O) groups excluding carboxylic acids is 1. The number of fused-ring (bicyclic) bond motifs is 2. The molecule has 8 rings (SSSR count). The molecule has 5 heterocycles. The second kappa shape index (κ2) is 11.4. The molecule has 2 aromatic rings. The summed E-state index contributed by atoms with van der Waals surface area (Å²) in [5.74, 6) is 1.48. The van der Waals surface area contributed by atoms with Gasteiger partial charge in [0, 0.05) is 84.5 Å². The van der Waals surface area contributed by atoms with Crippen LogP contribution in [-0.4, -0.2) is 94.7 Å². The first kappa shape index (κ1) is 30.5. The number of hydrogen-bond donors (Lipinski definition) is 3. The molecule has 0 bridgehead atoms. The van der Waals surface area contributed by atoms with Crippen molar-refractivity contribution in [2.24, 2.45) is 17.3 Å². The minimum Gasteiger partial charge on any atom is -0.338 e. The van der Waals surface area contributed by atoms with Crippen LogP contribution in [0.15, 0.2) is 30.9 Å². The van der Waals surface area contributed by atoms with E-state index in [0.29, 0.717) is 49.3 Å². The monoisotopic (exact) mass is 648 g/mol. The van der Waals surface area contributed by atoms with E-state index in [4.69, 9.17) is 22.1 Å². The number of alkyl halides is 2. The number of hydrazine groups is 1. The lowest BCUT2D eigenvalue weighted by atomic mass is 9.60. The maximum absolute atomic E-state index is 13.8. The van der Waals surface area contributed by atoms with E-state index >= 15 is 0 Å². The van der Waals surface area contributed by atoms with Crippen LogP contribution in [0, 0.1) is 29.6 Å². The largest absolute Gasteiger partial charge is 0.338 e. The molecule has 9 nitrogen and oxygen atoms in total. The highest BCUT2D eigenvalue weighted by Gasteiger charge is 2.55. The van der Waals surface area contributed by atoms with E-state index in [1.165, 1.54) is 22.9 Å². The lowest BCUT2D eigenvalue weighted by Crippen LogP contribution is -2.63. The van der Waals surface area contributed by atoms with Gasteiger partial charge in [0.1, 0.15) is 12.0 Å². The van der Waals surface area contributed by atoms with Crippen molar-refractivity contribution in [1.82, 2.24) is 30.4 Å². The van der Waals surface area contributed by atoms with E-state index in [1.54, 1.807) is 0 Å². The summed E-state index contributed by atoms with van der Waals surface area (Å²) in [6, 6.07) is 7.31. The normalized spacial score (nSPS) is 31.9. The fourth-order valence-corrected chi connectivity index (χ4v) is 10.1. The Labute approximate surface area is 276 Å². The quantitative estimate of drug-likeness (QED) is 0.186. The molecule has 6 aliphatic rings. The van der Waals surface area contributed by atoms with Crippen LogP contribution in [0.1, 0.15) is 61.4 Å². The van der Waals surface area contributed by atoms with Gasteiger partial charge in [0.25, 0.3) is 0 Å². The predicted octanol–water partition coefficient (Wildman–Crippen LogP) is 4.41.